The van der Waals surface area contributed by atoms with Crippen LogP contribution in [0.25, 0.3) is 0 Å². The zero-order valence-electron chi connectivity index (χ0n) is 8.18. The third-order valence-corrected chi connectivity index (χ3v) is 4.56. The molecule has 1 aliphatic carbocycles. The van der Waals surface area contributed by atoms with E-state index in [0.717, 1.165) is 11.1 Å². The molecule has 82 valence electrons. The summed E-state index contributed by atoms with van der Waals surface area (Å²) in [4.78, 5) is 0. The standard InChI is InChI=1S/C10H11ClO3S/c1-14-10-8-5-3-2-4-7(8)6-9(10)15(11,12)13/h2-5,9-10H,6H2,1H3. The molecule has 3 nitrogen and oxygen atoms in total. The van der Waals surface area contributed by atoms with Crippen LogP contribution in [-0.2, 0) is 20.2 Å². The molecule has 15 heavy (non-hydrogen) atoms. The molecule has 1 aromatic rings. The van der Waals surface area contributed by atoms with Gasteiger partial charge < -0.3 is 4.74 Å². The molecule has 0 radical (unpaired) electrons. The van der Waals surface area contributed by atoms with Gasteiger partial charge in [0.05, 0.1) is 0 Å². The van der Waals surface area contributed by atoms with Crippen molar-refractivity contribution in [3.05, 3.63) is 35.4 Å². The van der Waals surface area contributed by atoms with Gasteiger partial charge >= 0.3 is 0 Å². The maximum absolute atomic E-state index is 11.4. The van der Waals surface area contributed by atoms with Crippen LogP contribution in [0.3, 0.4) is 0 Å². The van der Waals surface area contributed by atoms with E-state index in [2.05, 4.69) is 0 Å². The third-order valence-electron chi connectivity index (χ3n) is 2.74. The minimum Gasteiger partial charge on any atom is -0.375 e. The van der Waals surface area contributed by atoms with Crippen LogP contribution < -0.4 is 0 Å². The van der Waals surface area contributed by atoms with Crippen molar-refractivity contribution < 1.29 is 13.2 Å². The number of hydrogen-bond donors (Lipinski definition) is 0. The Morgan fingerprint density at radius 2 is 2.07 bits per heavy atom. The van der Waals surface area contributed by atoms with Gasteiger partial charge in [0.2, 0.25) is 9.05 Å². The summed E-state index contributed by atoms with van der Waals surface area (Å²) >= 11 is 0. The van der Waals surface area contributed by atoms with Gasteiger partial charge in [0, 0.05) is 17.8 Å². The van der Waals surface area contributed by atoms with E-state index in [1.165, 1.54) is 7.11 Å². The first-order valence-corrected chi connectivity index (χ1v) is 6.95. The van der Waals surface area contributed by atoms with Crippen LogP contribution >= 0.6 is 10.7 Å². The van der Waals surface area contributed by atoms with E-state index >= 15 is 0 Å². The van der Waals surface area contributed by atoms with E-state index in [4.69, 9.17) is 15.4 Å². The minimum atomic E-state index is -3.58. The Morgan fingerprint density at radius 3 is 2.67 bits per heavy atom. The topological polar surface area (TPSA) is 43.4 Å². The van der Waals surface area contributed by atoms with E-state index in [0.29, 0.717) is 6.42 Å². The first kappa shape index (κ1) is 10.9. The second-order valence-corrected chi connectivity index (χ2v) is 6.42. The maximum Gasteiger partial charge on any atom is 0.238 e. The van der Waals surface area contributed by atoms with Gasteiger partial charge in [-0.25, -0.2) is 8.42 Å². The van der Waals surface area contributed by atoms with E-state index in [-0.39, 0.29) is 0 Å². The van der Waals surface area contributed by atoms with Crippen molar-refractivity contribution in [3.63, 3.8) is 0 Å². The number of halogens is 1. The summed E-state index contributed by atoms with van der Waals surface area (Å²) in [5.74, 6) is 0. The number of benzene rings is 1. The predicted molar refractivity (Wildman–Crippen MR) is 58.5 cm³/mol. The van der Waals surface area contributed by atoms with E-state index in [1.54, 1.807) is 0 Å². The SMILES string of the molecule is COC1c2ccccc2CC1S(=O)(=O)Cl. The summed E-state index contributed by atoms with van der Waals surface area (Å²) in [6.45, 7) is 0. The lowest BCUT2D eigenvalue weighted by atomic mass is 10.1. The van der Waals surface area contributed by atoms with Gasteiger partial charge in [0.1, 0.15) is 11.4 Å². The van der Waals surface area contributed by atoms with Gasteiger partial charge in [-0.2, -0.15) is 0 Å². The zero-order chi connectivity index (χ0) is 11.1. The highest BCUT2D eigenvalue weighted by atomic mass is 35.7. The van der Waals surface area contributed by atoms with Crippen LogP contribution in [-0.4, -0.2) is 20.8 Å². The van der Waals surface area contributed by atoms with E-state index in [9.17, 15) is 8.42 Å². The fourth-order valence-corrected chi connectivity index (χ4v) is 3.45. The smallest absolute Gasteiger partial charge is 0.238 e. The molecule has 0 aromatic heterocycles. The maximum atomic E-state index is 11.4. The molecule has 2 unspecified atom stereocenters. The zero-order valence-corrected chi connectivity index (χ0v) is 9.75. The number of hydrogen-bond acceptors (Lipinski definition) is 3. The molecule has 0 fully saturated rings. The van der Waals surface area contributed by atoms with Gasteiger partial charge in [0.15, 0.2) is 0 Å². The molecule has 0 heterocycles. The molecule has 0 N–H and O–H groups in total. The highest BCUT2D eigenvalue weighted by molar-refractivity contribution is 8.14. The summed E-state index contributed by atoms with van der Waals surface area (Å²) < 4.78 is 27.9. The second-order valence-electron chi connectivity index (χ2n) is 3.57. The molecule has 2 atom stereocenters. The molecule has 1 aliphatic rings. The normalized spacial score (nSPS) is 25.2. The highest BCUT2D eigenvalue weighted by Crippen LogP contribution is 2.38. The first-order valence-electron chi connectivity index (χ1n) is 4.58. The predicted octanol–water partition coefficient (Wildman–Crippen LogP) is 1.87. The lowest BCUT2D eigenvalue weighted by Gasteiger charge is -2.15. The third kappa shape index (κ3) is 1.89. The first-order chi connectivity index (χ1) is 7.04. The molecule has 0 spiro atoms. The lowest BCUT2D eigenvalue weighted by Crippen LogP contribution is -2.22. The lowest BCUT2D eigenvalue weighted by molar-refractivity contribution is 0.108. The number of methoxy groups -OCH3 is 1. The molecule has 2 rings (SSSR count). The summed E-state index contributed by atoms with van der Waals surface area (Å²) in [5.41, 5.74) is 1.92. The fourth-order valence-electron chi connectivity index (χ4n) is 2.05. The fraction of sp³-hybridized carbons (Fsp3) is 0.400. The molecule has 0 bridgehead atoms. The van der Waals surface area contributed by atoms with Gasteiger partial charge in [-0.05, 0) is 17.5 Å². The van der Waals surface area contributed by atoms with E-state index in [1.807, 2.05) is 24.3 Å². The Kier molecular flexibility index (Phi) is 2.75. The van der Waals surface area contributed by atoms with Crippen molar-refractivity contribution in [1.82, 2.24) is 0 Å². The molecule has 0 saturated carbocycles. The van der Waals surface area contributed by atoms with Gasteiger partial charge in [-0.1, -0.05) is 24.3 Å². The van der Waals surface area contributed by atoms with Crippen LogP contribution in [0, 0.1) is 0 Å². The summed E-state index contributed by atoms with van der Waals surface area (Å²) in [7, 11) is 3.31. The van der Waals surface area contributed by atoms with E-state index < -0.39 is 20.4 Å². The van der Waals surface area contributed by atoms with Gasteiger partial charge in [-0.15, -0.1) is 0 Å². The minimum absolute atomic E-state index is 0.431. The number of rotatable bonds is 2. The second kappa shape index (κ2) is 3.77. The Labute approximate surface area is 93.4 Å². The molecular formula is C10H11ClO3S. The average molecular weight is 247 g/mol. The average Bonchev–Trinajstić information content (AvgIpc) is 2.55. The quantitative estimate of drug-likeness (QED) is 0.749. The van der Waals surface area contributed by atoms with Crippen LogP contribution in [0.4, 0.5) is 0 Å². The van der Waals surface area contributed by atoms with Crippen LogP contribution in [0.5, 0.6) is 0 Å². The van der Waals surface area contributed by atoms with Crippen molar-refractivity contribution in [1.29, 1.82) is 0 Å². The van der Waals surface area contributed by atoms with Gasteiger partial charge in [0.25, 0.3) is 0 Å². The Morgan fingerprint density at radius 1 is 1.40 bits per heavy atom. The summed E-state index contributed by atoms with van der Waals surface area (Å²) in [6.07, 6.45) is -0.00995. The van der Waals surface area contributed by atoms with Crippen molar-refractivity contribution in [2.24, 2.45) is 0 Å². The van der Waals surface area contributed by atoms with Crippen molar-refractivity contribution in [2.45, 2.75) is 17.8 Å². The Balaban J connectivity index is 2.46. The van der Waals surface area contributed by atoms with Crippen LogP contribution in [0.15, 0.2) is 24.3 Å². The Bertz CT molecular complexity index is 469. The summed E-state index contributed by atoms with van der Waals surface area (Å²) in [6, 6.07) is 7.54. The van der Waals surface area contributed by atoms with Crippen LogP contribution in [0.2, 0.25) is 0 Å². The molecule has 0 saturated heterocycles. The molecular weight excluding hydrogens is 236 g/mol. The van der Waals surface area contributed by atoms with Crippen LogP contribution in [0.1, 0.15) is 17.2 Å². The number of fused-ring (bicyclic) bond motifs is 1. The molecule has 1 aromatic carbocycles. The molecule has 0 aliphatic heterocycles. The Hall–Kier alpha value is -0.580. The molecule has 5 heteroatoms. The summed E-state index contributed by atoms with van der Waals surface area (Å²) in [5, 5.41) is -0.665. The van der Waals surface area contributed by atoms with Crippen molar-refractivity contribution in [2.75, 3.05) is 7.11 Å². The van der Waals surface area contributed by atoms with Crippen molar-refractivity contribution >= 4 is 19.7 Å². The monoisotopic (exact) mass is 246 g/mol. The highest BCUT2D eigenvalue weighted by Gasteiger charge is 2.40. The van der Waals surface area contributed by atoms with Gasteiger partial charge in [-0.3, -0.25) is 0 Å². The van der Waals surface area contributed by atoms with Crippen molar-refractivity contribution in [3.8, 4) is 0 Å². The largest absolute Gasteiger partial charge is 0.375 e. The number of ether oxygens (including phenoxy) is 1. The molecule has 0 amide bonds.